The highest BCUT2D eigenvalue weighted by molar-refractivity contribution is 7.49. The van der Waals surface area contributed by atoms with Gasteiger partial charge in [-0.2, -0.15) is 0 Å². The molecule has 0 spiro atoms. The molecule has 0 aliphatic carbocycles. The van der Waals surface area contributed by atoms with Gasteiger partial charge in [0.05, 0.1) is 0 Å². The second-order valence-electron chi connectivity index (χ2n) is 7.57. The van der Waals surface area contributed by atoms with Crippen molar-refractivity contribution in [3.63, 3.8) is 0 Å². The summed E-state index contributed by atoms with van der Waals surface area (Å²) in [6.07, 6.45) is -3.18. The van der Waals surface area contributed by atoms with Crippen LogP contribution in [0.5, 0.6) is 5.75 Å². The van der Waals surface area contributed by atoms with E-state index >= 15 is 0 Å². The highest BCUT2D eigenvalue weighted by Crippen LogP contribution is 2.62. The van der Waals surface area contributed by atoms with Gasteiger partial charge in [0.2, 0.25) is 0 Å². The Balaban J connectivity index is 1.49. The minimum atomic E-state index is -3.98. The molecule has 0 unspecified atom stereocenters. The molecule has 0 radical (unpaired) electrons. The van der Waals surface area contributed by atoms with Gasteiger partial charge in [-0.25, -0.2) is 4.57 Å². The lowest BCUT2D eigenvalue weighted by atomic mass is 9.99. The van der Waals surface area contributed by atoms with E-state index in [4.69, 9.17) is 39.4 Å². The van der Waals surface area contributed by atoms with E-state index in [1.54, 1.807) is 62.4 Å². The number of hydrogen-bond donors (Lipinski definition) is 0. The summed E-state index contributed by atoms with van der Waals surface area (Å²) in [6.45, 7) is 3.58. The molecule has 5 rings (SSSR count). The van der Waals surface area contributed by atoms with Crippen molar-refractivity contribution in [2.45, 2.75) is 50.3 Å². The molecule has 0 amide bonds. The molecular formula is C20H20ClO7P. The van der Waals surface area contributed by atoms with Crippen molar-refractivity contribution in [2.24, 2.45) is 0 Å². The summed E-state index contributed by atoms with van der Waals surface area (Å²) in [4.78, 5) is 0. The zero-order valence-corrected chi connectivity index (χ0v) is 17.4. The molecule has 3 fully saturated rings. The van der Waals surface area contributed by atoms with E-state index in [0.29, 0.717) is 10.8 Å². The zero-order valence-electron chi connectivity index (χ0n) is 15.8. The van der Waals surface area contributed by atoms with Gasteiger partial charge in [0.1, 0.15) is 30.2 Å². The average Bonchev–Trinajstić information content (AvgIpc) is 3.14. The maximum Gasteiger partial charge on any atom is 0.531 e. The van der Waals surface area contributed by atoms with Crippen molar-refractivity contribution >= 4 is 19.4 Å². The molecule has 29 heavy (non-hydrogen) atoms. The number of fused-ring (bicyclic) bond motifs is 3. The lowest BCUT2D eigenvalue weighted by Crippen LogP contribution is -2.43. The van der Waals surface area contributed by atoms with Crippen molar-refractivity contribution in [3.8, 4) is 5.75 Å². The number of ether oxygens (including phenoxy) is 3. The number of benzene rings is 2. The molecular weight excluding hydrogens is 419 g/mol. The van der Waals surface area contributed by atoms with E-state index < -0.39 is 44.3 Å². The Kier molecular flexibility index (Phi) is 4.76. The lowest BCUT2D eigenvalue weighted by molar-refractivity contribution is -0.231. The quantitative estimate of drug-likeness (QED) is 0.633. The van der Waals surface area contributed by atoms with Gasteiger partial charge < -0.3 is 18.7 Å². The van der Waals surface area contributed by atoms with Crippen LogP contribution in [0.15, 0.2) is 54.6 Å². The zero-order chi connectivity index (χ0) is 20.2. The predicted molar refractivity (Wildman–Crippen MR) is 104 cm³/mol. The first kappa shape index (κ1) is 19.5. The van der Waals surface area contributed by atoms with E-state index in [9.17, 15) is 4.57 Å². The average molecular weight is 439 g/mol. The molecule has 2 aromatic carbocycles. The number of rotatable bonds is 3. The molecule has 2 aromatic rings. The Bertz CT molecular complexity index is 936. The SMILES string of the molecule is CC1(C)O[C@H]2O[C@H]3[C@H](O[P@](=O)(Oc4ccccc4)O[C@H]3c3ccc(Cl)cc3)[C@H]2O1. The molecule has 3 heterocycles. The first-order chi connectivity index (χ1) is 13.8. The highest BCUT2D eigenvalue weighted by atomic mass is 35.5. The van der Waals surface area contributed by atoms with Crippen LogP contribution in [-0.2, 0) is 27.8 Å². The van der Waals surface area contributed by atoms with Gasteiger partial charge in [0, 0.05) is 5.02 Å². The van der Waals surface area contributed by atoms with E-state index in [2.05, 4.69) is 0 Å². The van der Waals surface area contributed by atoms with Crippen molar-refractivity contribution in [3.05, 3.63) is 65.2 Å². The molecule has 7 nitrogen and oxygen atoms in total. The van der Waals surface area contributed by atoms with E-state index in [-0.39, 0.29) is 0 Å². The van der Waals surface area contributed by atoms with Crippen LogP contribution >= 0.6 is 19.4 Å². The van der Waals surface area contributed by atoms with Crippen molar-refractivity contribution in [1.29, 1.82) is 0 Å². The highest BCUT2D eigenvalue weighted by Gasteiger charge is 2.63. The lowest BCUT2D eigenvalue weighted by Gasteiger charge is -2.38. The Hall–Kier alpha value is -1.44. The molecule has 3 saturated heterocycles. The van der Waals surface area contributed by atoms with Crippen LogP contribution < -0.4 is 4.52 Å². The maximum atomic E-state index is 13.5. The second kappa shape index (κ2) is 7.06. The Labute approximate surface area is 173 Å². The minimum Gasteiger partial charge on any atom is -0.404 e. The topological polar surface area (TPSA) is 72.5 Å². The Morgan fingerprint density at radius 2 is 1.66 bits per heavy atom. The fourth-order valence-corrected chi connectivity index (χ4v) is 5.50. The fourth-order valence-electron chi connectivity index (χ4n) is 3.80. The summed E-state index contributed by atoms with van der Waals surface area (Å²) in [6, 6.07) is 15.8. The number of halogens is 1. The number of phosphoric acid groups is 1. The molecule has 3 aliphatic heterocycles. The third kappa shape index (κ3) is 3.73. The monoisotopic (exact) mass is 438 g/mol. The van der Waals surface area contributed by atoms with Crippen LogP contribution in [0.1, 0.15) is 25.5 Å². The predicted octanol–water partition coefficient (Wildman–Crippen LogP) is 4.86. The number of hydrogen-bond acceptors (Lipinski definition) is 7. The summed E-state index contributed by atoms with van der Waals surface area (Å²) >= 11 is 6.02. The first-order valence-electron chi connectivity index (χ1n) is 9.30. The van der Waals surface area contributed by atoms with E-state index in [0.717, 1.165) is 5.56 Å². The van der Waals surface area contributed by atoms with Gasteiger partial charge in [0.15, 0.2) is 12.1 Å². The van der Waals surface area contributed by atoms with E-state index in [1.165, 1.54) is 0 Å². The third-order valence-corrected chi connectivity index (χ3v) is 6.65. The van der Waals surface area contributed by atoms with Gasteiger partial charge in [-0.3, -0.25) is 9.05 Å². The molecule has 0 aromatic heterocycles. The minimum absolute atomic E-state index is 0.378. The smallest absolute Gasteiger partial charge is 0.404 e. The Morgan fingerprint density at radius 3 is 2.38 bits per heavy atom. The maximum absolute atomic E-state index is 13.5. The number of para-hydroxylation sites is 1. The van der Waals surface area contributed by atoms with Crippen LogP contribution in [0.4, 0.5) is 0 Å². The first-order valence-corrected chi connectivity index (χ1v) is 11.1. The third-order valence-electron chi connectivity index (χ3n) is 4.98. The largest absolute Gasteiger partial charge is 0.531 e. The van der Waals surface area contributed by atoms with Crippen molar-refractivity contribution in [1.82, 2.24) is 0 Å². The van der Waals surface area contributed by atoms with Gasteiger partial charge in [-0.15, -0.1) is 0 Å². The van der Waals surface area contributed by atoms with Crippen LogP contribution in [-0.4, -0.2) is 30.4 Å². The van der Waals surface area contributed by atoms with Gasteiger partial charge in [-0.1, -0.05) is 41.9 Å². The van der Waals surface area contributed by atoms with Gasteiger partial charge in [-0.05, 0) is 43.7 Å². The fraction of sp³-hybridized carbons (Fsp3) is 0.400. The second-order valence-corrected chi connectivity index (χ2v) is 9.50. The van der Waals surface area contributed by atoms with Gasteiger partial charge >= 0.3 is 7.82 Å². The standard InChI is InChI=1S/C20H20ClO7P/c1-20(2)24-18-17-16(23-19(18)25-20)15(12-8-10-13(21)11-9-12)27-29(22,28-17)26-14-6-4-3-5-7-14/h3-11,15-19H,1-2H3/t15-,16+,17-,18+,19+,29+/m0/s1. The summed E-state index contributed by atoms with van der Waals surface area (Å²) in [7, 11) is -3.98. The molecule has 0 saturated carbocycles. The van der Waals surface area contributed by atoms with Gasteiger partial charge in [0.25, 0.3) is 0 Å². The summed E-state index contributed by atoms with van der Waals surface area (Å²) in [5, 5.41) is 0.582. The van der Waals surface area contributed by atoms with Crippen LogP contribution in [0.2, 0.25) is 5.02 Å². The van der Waals surface area contributed by atoms with Crippen molar-refractivity contribution < 1.29 is 32.3 Å². The Morgan fingerprint density at radius 1 is 0.931 bits per heavy atom. The molecule has 3 aliphatic rings. The van der Waals surface area contributed by atoms with E-state index in [1.807, 2.05) is 6.07 Å². The van der Waals surface area contributed by atoms with Crippen LogP contribution in [0.3, 0.4) is 0 Å². The number of phosphoric ester groups is 1. The molecule has 154 valence electrons. The summed E-state index contributed by atoms with van der Waals surface area (Å²) in [5.41, 5.74) is 0.740. The summed E-state index contributed by atoms with van der Waals surface area (Å²) in [5.74, 6) is -0.453. The normalized spacial score (nSPS) is 37.7. The molecule has 9 heteroatoms. The molecule has 0 bridgehead atoms. The molecule has 6 atom stereocenters. The van der Waals surface area contributed by atoms with Crippen LogP contribution in [0.25, 0.3) is 0 Å². The summed E-state index contributed by atoms with van der Waals surface area (Å²) < 4.78 is 48.7. The van der Waals surface area contributed by atoms with Crippen molar-refractivity contribution in [2.75, 3.05) is 0 Å². The van der Waals surface area contributed by atoms with Crippen LogP contribution in [0, 0.1) is 0 Å². The molecule has 0 N–H and O–H groups in total.